The SMILES string of the molecule is COc1cc(OC)nc(NC(N)=O)n1. The summed E-state index contributed by atoms with van der Waals surface area (Å²) in [5, 5.41) is 2.21. The minimum Gasteiger partial charge on any atom is -0.481 e. The summed E-state index contributed by atoms with van der Waals surface area (Å²) in [6, 6.07) is 0.729. The van der Waals surface area contributed by atoms with Gasteiger partial charge in [0, 0.05) is 0 Å². The molecule has 0 radical (unpaired) electrons. The molecule has 0 aliphatic rings. The van der Waals surface area contributed by atoms with Gasteiger partial charge in [-0.2, -0.15) is 9.97 Å². The Bertz CT molecular complexity index is 319. The number of hydrogen-bond acceptors (Lipinski definition) is 5. The number of nitrogens with zero attached hydrogens (tertiary/aromatic N) is 2. The average molecular weight is 198 g/mol. The van der Waals surface area contributed by atoms with Crippen molar-refractivity contribution in [1.29, 1.82) is 0 Å². The number of rotatable bonds is 3. The van der Waals surface area contributed by atoms with Crippen LogP contribution >= 0.6 is 0 Å². The molecule has 2 amide bonds. The van der Waals surface area contributed by atoms with Gasteiger partial charge in [-0.25, -0.2) is 4.79 Å². The van der Waals surface area contributed by atoms with Gasteiger partial charge in [-0.15, -0.1) is 0 Å². The number of methoxy groups -OCH3 is 2. The van der Waals surface area contributed by atoms with E-state index in [-0.39, 0.29) is 17.7 Å². The molecule has 14 heavy (non-hydrogen) atoms. The third-order valence-corrected chi connectivity index (χ3v) is 1.33. The Labute approximate surface area is 80.2 Å². The summed E-state index contributed by atoms with van der Waals surface area (Å²) in [6.07, 6.45) is 0. The van der Waals surface area contributed by atoms with Gasteiger partial charge >= 0.3 is 6.03 Å². The summed E-state index contributed by atoms with van der Waals surface area (Å²) in [7, 11) is 2.88. The van der Waals surface area contributed by atoms with Crippen molar-refractivity contribution < 1.29 is 14.3 Å². The molecule has 0 saturated carbocycles. The first-order chi connectivity index (χ1) is 6.65. The van der Waals surface area contributed by atoms with Gasteiger partial charge in [0.15, 0.2) is 0 Å². The Morgan fingerprint density at radius 2 is 1.86 bits per heavy atom. The van der Waals surface area contributed by atoms with E-state index in [1.165, 1.54) is 20.3 Å². The van der Waals surface area contributed by atoms with Gasteiger partial charge in [-0.05, 0) is 0 Å². The topological polar surface area (TPSA) is 99.4 Å². The molecule has 3 N–H and O–H groups in total. The van der Waals surface area contributed by atoms with Gasteiger partial charge in [0.05, 0.1) is 20.3 Å². The molecule has 0 bridgehead atoms. The first kappa shape index (κ1) is 10.0. The lowest BCUT2D eigenvalue weighted by Crippen LogP contribution is -2.21. The zero-order chi connectivity index (χ0) is 10.6. The van der Waals surface area contributed by atoms with Crippen molar-refractivity contribution in [2.45, 2.75) is 0 Å². The number of nitrogens with two attached hydrogens (primary N) is 1. The molecule has 0 unspecified atom stereocenters. The Morgan fingerprint density at radius 3 is 2.21 bits per heavy atom. The number of nitrogens with one attached hydrogen (secondary N) is 1. The lowest BCUT2D eigenvalue weighted by Gasteiger charge is -2.05. The molecule has 7 nitrogen and oxygen atoms in total. The van der Waals surface area contributed by atoms with E-state index in [0.29, 0.717) is 0 Å². The van der Waals surface area contributed by atoms with E-state index in [2.05, 4.69) is 15.3 Å². The van der Waals surface area contributed by atoms with Crippen molar-refractivity contribution in [3.63, 3.8) is 0 Å². The molecule has 1 heterocycles. The highest BCUT2D eigenvalue weighted by Crippen LogP contribution is 2.16. The first-order valence-corrected chi connectivity index (χ1v) is 3.69. The fourth-order valence-electron chi connectivity index (χ4n) is 0.779. The maximum Gasteiger partial charge on any atom is 0.319 e. The number of urea groups is 1. The largest absolute Gasteiger partial charge is 0.481 e. The van der Waals surface area contributed by atoms with E-state index >= 15 is 0 Å². The minimum absolute atomic E-state index is 0.0358. The smallest absolute Gasteiger partial charge is 0.319 e. The third kappa shape index (κ3) is 2.47. The molecule has 0 atom stereocenters. The zero-order valence-corrected chi connectivity index (χ0v) is 7.77. The number of carbonyl (C=O) groups excluding carboxylic acids is 1. The summed E-state index contributed by atoms with van der Waals surface area (Å²) in [5.41, 5.74) is 4.90. The quantitative estimate of drug-likeness (QED) is 0.711. The van der Waals surface area contributed by atoms with Gasteiger partial charge in [-0.1, -0.05) is 0 Å². The van der Waals surface area contributed by atoms with Crippen LogP contribution in [0.25, 0.3) is 0 Å². The fraction of sp³-hybridized carbons (Fsp3) is 0.286. The van der Waals surface area contributed by atoms with Gasteiger partial charge in [-0.3, -0.25) is 5.32 Å². The highest BCUT2D eigenvalue weighted by molar-refractivity contribution is 5.85. The molecule has 1 aromatic rings. The number of carbonyl (C=O) groups is 1. The maximum atomic E-state index is 10.5. The second-order valence-corrected chi connectivity index (χ2v) is 2.27. The van der Waals surface area contributed by atoms with E-state index in [1.807, 2.05) is 0 Å². The van der Waals surface area contributed by atoms with E-state index in [0.717, 1.165) is 0 Å². The summed E-state index contributed by atoms with van der Waals surface area (Å²) in [5.74, 6) is 0.593. The highest BCUT2D eigenvalue weighted by atomic mass is 16.5. The number of aromatic nitrogens is 2. The van der Waals surface area contributed by atoms with Gasteiger partial charge in [0.1, 0.15) is 0 Å². The van der Waals surface area contributed by atoms with Crippen LogP contribution in [0.1, 0.15) is 0 Å². The van der Waals surface area contributed by atoms with Crippen LogP contribution in [0, 0.1) is 0 Å². The van der Waals surface area contributed by atoms with Crippen molar-refractivity contribution in [2.24, 2.45) is 5.73 Å². The van der Waals surface area contributed by atoms with Gasteiger partial charge in [0.25, 0.3) is 0 Å². The van der Waals surface area contributed by atoms with Crippen molar-refractivity contribution in [3.8, 4) is 11.8 Å². The number of ether oxygens (including phenoxy) is 2. The fourth-order valence-corrected chi connectivity index (χ4v) is 0.779. The number of anilines is 1. The van der Waals surface area contributed by atoms with Crippen molar-refractivity contribution in [1.82, 2.24) is 9.97 Å². The Balaban J connectivity index is 2.98. The molecule has 0 spiro atoms. The summed E-state index contributed by atoms with van der Waals surface area (Å²) < 4.78 is 9.71. The molecule has 0 aromatic carbocycles. The predicted octanol–water partition coefficient (Wildman–Crippen LogP) is -0.0156. The second kappa shape index (κ2) is 4.26. The van der Waals surface area contributed by atoms with E-state index in [1.54, 1.807) is 0 Å². The average Bonchev–Trinajstić information content (AvgIpc) is 2.16. The van der Waals surface area contributed by atoms with Gasteiger partial charge in [0.2, 0.25) is 17.7 Å². The molecule has 0 aliphatic heterocycles. The van der Waals surface area contributed by atoms with Crippen molar-refractivity contribution in [3.05, 3.63) is 6.07 Å². The minimum atomic E-state index is -0.750. The molecule has 0 aliphatic carbocycles. The summed E-state index contributed by atoms with van der Waals surface area (Å²) in [4.78, 5) is 18.1. The lowest BCUT2D eigenvalue weighted by molar-refractivity contribution is 0.259. The Kier molecular flexibility index (Phi) is 3.05. The van der Waals surface area contributed by atoms with Crippen LogP contribution in [-0.4, -0.2) is 30.2 Å². The van der Waals surface area contributed by atoms with E-state index in [9.17, 15) is 4.79 Å². The molecular formula is C7H10N4O3. The predicted molar refractivity (Wildman–Crippen MR) is 48.3 cm³/mol. The lowest BCUT2D eigenvalue weighted by atomic mass is 10.6. The van der Waals surface area contributed by atoms with Crippen LogP contribution in [0.15, 0.2) is 6.07 Å². The highest BCUT2D eigenvalue weighted by Gasteiger charge is 2.06. The molecule has 0 saturated heterocycles. The number of hydrogen-bond donors (Lipinski definition) is 2. The van der Waals surface area contributed by atoms with Crippen LogP contribution < -0.4 is 20.5 Å². The standard InChI is InChI=1S/C7H10N4O3/c1-13-4-3-5(14-2)10-7(9-4)11-6(8)12/h3H,1-2H3,(H3,8,9,10,11,12). The van der Waals surface area contributed by atoms with Crippen LogP contribution in [0.3, 0.4) is 0 Å². The zero-order valence-electron chi connectivity index (χ0n) is 7.77. The molecule has 0 fully saturated rings. The Morgan fingerprint density at radius 1 is 1.36 bits per heavy atom. The van der Waals surface area contributed by atoms with Crippen LogP contribution in [0.4, 0.5) is 10.7 Å². The van der Waals surface area contributed by atoms with Crippen molar-refractivity contribution in [2.75, 3.05) is 19.5 Å². The van der Waals surface area contributed by atoms with Crippen LogP contribution in [-0.2, 0) is 0 Å². The van der Waals surface area contributed by atoms with E-state index < -0.39 is 6.03 Å². The molecule has 1 aromatic heterocycles. The normalized spacial score (nSPS) is 9.29. The molecular weight excluding hydrogens is 188 g/mol. The molecule has 7 heteroatoms. The monoisotopic (exact) mass is 198 g/mol. The number of amides is 2. The van der Waals surface area contributed by atoms with Gasteiger partial charge < -0.3 is 15.2 Å². The maximum absolute atomic E-state index is 10.5. The van der Waals surface area contributed by atoms with Crippen molar-refractivity contribution >= 4 is 12.0 Å². The van der Waals surface area contributed by atoms with E-state index in [4.69, 9.17) is 15.2 Å². The summed E-state index contributed by atoms with van der Waals surface area (Å²) in [6.45, 7) is 0. The Hall–Kier alpha value is -2.05. The second-order valence-electron chi connectivity index (χ2n) is 2.27. The third-order valence-electron chi connectivity index (χ3n) is 1.33. The first-order valence-electron chi connectivity index (χ1n) is 3.69. The summed E-state index contributed by atoms with van der Waals surface area (Å²) >= 11 is 0. The number of primary amides is 1. The van der Waals surface area contributed by atoms with Crippen LogP contribution in [0.5, 0.6) is 11.8 Å². The molecule has 76 valence electrons. The van der Waals surface area contributed by atoms with Crippen LogP contribution in [0.2, 0.25) is 0 Å². The molecule has 1 rings (SSSR count).